The van der Waals surface area contributed by atoms with Crippen LogP contribution < -0.4 is 9.47 Å². The van der Waals surface area contributed by atoms with Gasteiger partial charge < -0.3 is 9.47 Å². The molecule has 4 heteroatoms. The van der Waals surface area contributed by atoms with E-state index in [1.54, 1.807) is 0 Å². The maximum absolute atomic E-state index is 5.77. The van der Waals surface area contributed by atoms with Crippen molar-refractivity contribution in [1.29, 1.82) is 0 Å². The molecule has 0 bridgehead atoms. The lowest BCUT2D eigenvalue weighted by atomic mass is 10.0. The Kier molecular flexibility index (Phi) is 4.55. The van der Waals surface area contributed by atoms with Crippen molar-refractivity contribution in [3.63, 3.8) is 0 Å². The van der Waals surface area contributed by atoms with Crippen LogP contribution in [0.3, 0.4) is 0 Å². The number of aryl methyl sites for hydroxylation is 1. The molecule has 0 aromatic heterocycles. The number of halogens is 2. The highest BCUT2D eigenvalue weighted by Crippen LogP contribution is 2.40. The van der Waals surface area contributed by atoms with Crippen LogP contribution in [-0.2, 0) is 0 Å². The Balaban J connectivity index is 1.96. The number of ether oxygens (including phenoxy) is 2. The van der Waals surface area contributed by atoms with Gasteiger partial charge in [0.1, 0.15) is 0 Å². The highest BCUT2D eigenvalue weighted by Gasteiger charge is 2.17. The third kappa shape index (κ3) is 3.27. The lowest BCUT2D eigenvalue weighted by molar-refractivity contribution is 0.297. The van der Waals surface area contributed by atoms with Crippen LogP contribution in [-0.4, -0.2) is 13.2 Å². The quantitative estimate of drug-likeness (QED) is 0.615. The Hall–Kier alpha value is -1.00. The van der Waals surface area contributed by atoms with Crippen LogP contribution in [0.2, 0.25) is 0 Å². The lowest BCUT2D eigenvalue weighted by Gasteiger charge is -2.16. The summed E-state index contributed by atoms with van der Waals surface area (Å²) in [6, 6.07) is 12.5. The Morgan fingerprint density at radius 3 is 2.57 bits per heavy atom. The zero-order valence-corrected chi connectivity index (χ0v) is 14.9. The van der Waals surface area contributed by atoms with E-state index in [2.05, 4.69) is 69.1 Å². The van der Waals surface area contributed by atoms with E-state index in [4.69, 9.17) is 9.47 Å². The second kappa shape index (κ2) is 6.41. The first kappa shape index (κ1) is 14.9. The highest BCUT2D eigenvalue weighted by atomic mass is 79.9. The topological polar surface area (TPSA) is 18.5 Å². The second-order valence-corrected chi connectivity index (χ2v) is 6.91. The SMILES string of the molecule is Cc1ccc(Br)c(C(Br)c2ccc3c(c2)OCCCO3)c1. The molecule has 110 valence electrons. The molecule has 1 atom stereocenters. The first-order valence-corrected chi connectivity index (χ1v) is 8.65. The van der Waals surface area contributed by atoms with E-state index in [0.29, 0.717) is 13.2 Å². The molecule has 1 aliphatic heterocycles. The van der Waals surface area contributed by atoms with Gasteiger partial charge in [-0.15, -0.1) is 0 Å². The molecule has 1 aliphatic rings. The number of hydrogen-bond donors (Lipinski definition) is 0. The summed E-state index contributed by atoms with van der Waals surface area (Å²) >= 11 is 7.43. The molecule has 0 fully saturated rings. The Morgan fingerprint density at radius 1 is 1.00 bits per heavy atom. The van der Waals surface area contributed by atoms with Crippen LogP contribution >= 0.6 is 31.9 Å². The maximum Gasteiger partial charge on any atom is 0.161 e. The van der Waals surface area contributed by atoms with Gasteiger partial charge in [-0.05, 0) is 36.2 Å². The van der Waals surface area contributed by atoms with Crippen molar-refractivity contribution in [2.45, 2.75) is 18.2 Å². The van der Waals surface area contributed by atoms with Gasteiger partial charge in [0.15, 0.2) is 11.5 Å². The predicted octanol–water partition coefficient (Wildman–Crippen LogP) is 5.40. The van der Waals surface area contributed by atoms with E-state index < -0.39 is 0 Å². The minimum absolute atomic E-state index is 0.115. The molecule has 0 amide bonds. The summed E-state index contributed by atoms with van der Waals surface area (Å²) in [7, 11) is 0. The average Bonchev–Trinajstić information content (AvgIpc) is 2.73. The van der Waals surface area contributed by atoms with Crippen molar-refractivity contribution in [1.82, 2.24) is 0 Å². The molecule has 0 radical (unpaired) electrons. The third-order valence-corrected chi connectivity index (χ3v) is 5.23. The van der Waals surface area contributed by atoms with Crippen molar-refractivity contribution in [2.75, 3.05) is 13.2 Å². The molecular formula is C17H16Br2O2. The zero-order chi connectivity index (χ0) is 14.8. The summed E-state index contributed by atoms with van der Waals surface area (Å²) in [5.74, 6) is 1.66. The van der Waals surface area contributed by atoms with Gasteiger partial charge in [-0.1, -0.05) is 55.6 Å². The normalized spacial score (nSPS) is 15.4. The molecular weight excluding hydrogens is 396 g/mol. The molecule has 1 heterocycles. The third-order valence-electron chi connectivity index (χ3n) is 3.49. The van der Waals surface area contributed by atoms with E-state index in [-0.39, 0.29) is 4.83 Å². The molecule has 0 N–H and O–H groups in total. The number of alkyl halides is 1. The Labute approximate surface area is 141 Å². The minimum atomic E-state index is 0.115. The predicted molar refractivity (Wildman–Crippen MR) is 91.7 cm³/mol. The molecule has 1 unspecified atom stereocenters. The van der Waals surface area contributed by atoms with Crippen molar-refractivity contribution in [3.8, 4) is 11.5 Å². The van der Waals surface area contributed by atoms with Gasteiger partial charge in [0, 0.05) is 10.9 Å². The minimum Gasteiger partial charge on any atom is -0.490 e. The first-order valence-electron chi connectivity index (χ1n) is 6.95. The van der Waals surface area contributed by atoms with E-state index >= 15 is 0 Å². The lowest BCUT2D eigenvalue weighted by Crippen LogP contribution is -1.98. The van der Waals surface area contributed by atoms with Crippen molar-refractivity contribution < 1.29 is 9.47 Å². The van der Waals surface area contributed by atoms with Gasteiger partial charge in [-0.2, -0.15) is 0 Å². The van der Waals surface area contributed by atoms with E-state index in [1.807, 2.05) is 6.07 Å². The van der Waals surface area contributed by atoms with Crippen LogP contribution in [0.5, 0.6) is 11.5 Å². The summed E-state index contributed by atoms with van der Waals surface area (Å²) in [5.41, 5.74) is 3.61. The summed E-state index contributed by atoms with van der Waals surface area (Å²) in [6.07, 6.45) is 0.922. The van der Waals surface area contributed by atoms with E-state index in [0.717, 1.165) is 28.0 Å². The zero-order valence-electron chi connectivity index (χ0n) is 11.7. The van der Waals surface area contributed by atoms with Gasteiger partial charge in [-0.25, -0.2) is 0 Å². The van der Waals surface area contributed by atoms with Gasteiger partial charge in [0.05, 0.1) is 18.0 Å². The fourth-order valence-electron chi connectivity index (χ4n) is 2.37. The largest absolute Gasteiger partial charge is 0.490 e. The number of rotatable bonds is 2. The van der Waals surface area contributed by atoms with Crippen LogP contribution in [0.25, 0.3) is 0 Å². The standard InChI is InChI=1S/C17H16Br2O2/c1-11-3-5-14(18)13(9-11)17(19)12-4-6-15-16(10-12)21-8-2-7-20-15/h3-6,9-10,17H,2,7-8H2,1H3. The summed E-state index contributed by atoms with van der Waals surface area (Å²) in [5, 5.41) is 0. The van der Waals surface area contributed by atoms with Crippen molar-refractivity contribution in [2.24, 2.45) is 0 Å². The van der Waals surface area contributed by atoms with E-state index in [1.165, 1.54) is 11.1 Å². The van der Waals surface area contributed by atoms with Crippen molar-refractivity contribution in [3.05, 3.63) is 57.6 Å². The molecule has 2 aromatic carbocycles. The summed E-state index contributed by atoms with van der Waals surface area (Å²) < 4.78 is 12.6. The molecule has 0 saturated carbocycles. The molecule has 2 aromatic rings. The molecule has 0 saturated heterocycles. The van der Waals surface area contributed by atoms with Crippen LogP contribution in [0.15, 0.2) is 40.9 Å². The van der Waals surface area contributed by atoms with Gasteiger partial charge >= 0.3 is 0 Å². The molecule has 21 heavy (non-hydrogen) atoms. The molecule has 2 nitrogen and oxygen atoms in total. The summed E-state index contributed by atoms with van der Waals surface area (Å²) in [6.45, 7) is 3.52. The fraction of sp³-hybridized carbons (Fsp3) is 0.294. The van der Waals surface area contributed by atoms with Crippen LogP contribution in [0, 0.1) is 6.92 Å². The molecule has 3 rings (SSSR count). The average molecular weight is 412 g/mol. The Bertz CT molecular complexity index is 655. The maximum atomic E-state index is 5.77. The smallest absolute Gasteiger partial charge is 0.161 e. The Morgan fingerprint density at radius 2 is 1.76 bits per heavy atom. The number of benzene rings is 2. The number of fused-ring (bicyclic) bond motifs is 1. The monoisotopic (exact) mass is 410 g/mol. The van der Waals surface area contributed by atoms with Crippen LogP contribution in [0.1, 0.15) is 27.9 Å². The van der Waals surface area contributed by atoms with Gasteiger partial charge in [0.25, 0.3) is 0 Å². The van der Waals surface area contributed by atoms with Crippen molar-refractivity contribution >= 4 is 31.9 Å². The first-order chi connectivity index (χ1) is 10.1. The van der Waals surface area contributed by atoms with Crippen LogP contribution in [0.4, 0.5) is 0 Å². The molecule has 0 aliphatic carbocycles. The van der Waals surface area contributed by atoms with Gasteiger partial charge in [0.2, 0.25) is 0 Å². The summed E-state index contributed by atoms with van der Waals surface area (Å²) in [4.78, 5) is 0.115. The van der Waals surface area contributed by atoms with Gasteiger partial charge in [-0.3, -0.25) is 0 Å². The number of hydrogen-bond acceptors (Lipinski definition) is 2. The highest BCUT2D eigenvalue weighted by molar-refractivity contribution is 9.11. The second-order valence-electron chi connectivity index (χ2n) is 5.14. The molecule has 0 spiro atoms. The van der Waals surface area contributed by atoms with E-state index in [9.17, 15) is 0 Å². The fourth-order valence-corrected chi connectivity index (χ4v) is 3.82.